The van der Waals surface area contributed by atoms with E-state index >= 15 is 0 Å². The third kappa shape index (κ3) is 5.21. The van der Waals surface area contributed by atoms with Gasteiger partial charge in [-0.2, -0.15) is 0 Å². The van der Waals surface area contributed by atoms with Crippen molar-refractivity contribution >= 4 is 27.8 Å². The molecule has 20 heavy (non-hydrogen) atoms. The van der Waals surface area contributed by atoms with E-state index in [1.807, 2.05) is 6.92 Å². The molecule has 6 heteroatoms. The smallest absolute Gasteiger partial charge is 0.326 e. The molecule has 0 saturated carbocycles. The lowest BCUT2D eigenvalue weighted by Crippen LogP contribution is -2.46. The van der Waals surface area contributed by atoms with Crippen LogP contribution in [0.5, 0.6) is 5.75 Å². The Balaban J connectivity index is 2.57. The number of hydrogen-bond acceptors (Lipinski definition) is 3. The van der Waals surface area contributed by atoms with Crippen molar-refractivity contribution in [2.45, 2.75) is 38.8 Å². The van der Waals surface area contributed by atoms with E-state index in [9.17, 15) is 9.59 Å². The van der Waals surface area contributed by atoms with E-state index in [0.29, 0.717) is 18.6 Å². The first kappa shape index (κ1) is 16.5. The van der Waals surface area contributed by atoms with Gasteiger partial charge in [0.25, 0.3) is 5.91 Å². The third-order valence-corrected chi connectivity index (χ3v) is 3.22. The number of rotatable bonds is 7. The van der Waals surface area contributed by atoms with E-state index in [4.69, 9.17) is 9.84 Å². The molecule has 0 heterocycles. The van der Waals surface area contributed by atoms with Gasteiger partial charge in [-0.05, 0) is 37.6 Å². The highest BCUT2D eigenvalue weighted by Gasteiger charge is 2.23. The van der Waals surface area contributed by atoms with Crippen LogP contribution in [0.1, 0.15) is 26.7 Å². The summed E-state index contributed by atoms with van der Waals surface area (Å²) in [5.74, 6) is -0.914. The zero-order valence-corrected chi connectivity index (χ0v) is 13.0. The second-order valence-corrected chi connectivity index (χ2v) is 5.32. The van der Waals surface area contributed by atoms with E-state index in [1.54, 1.807) is 31.2 Å². The summed E-state index contributed by atoms with van der Waals surface area (Å²) in [6.45, 7) is 3.45. The van der Waals surface area contributed by atoms with Gasteiger partial charge in [0.05, 0.1) is 0 Å². The number of carboxylic acids is 1. The van der Waals surface area contributed by atoms with Gasteiger partial charge in [-0.1, -0.05) is 29.3 Å². The highest BCUT2D eigenvalue weighted by Crippen LogP contribution is 2.17. The summed E-state index contributed by atoms with van der Waals surface area (Å²) in [5.41, 5.74) is 0. The molecule has 0 aromatic heterocycles. The van der Waals surface area contributed by atoms with Crippen molar-refractivity contribution in [3.05, 3.63) is 28.7 Å². The second kappa shape index (κ2) is 7.89. The minimum atomic E-state index is -1.03. The van der Waals surface area contributed by atoms with Crippen molar-refractivity contribution in [1.82, 2.24) is 5.32 Å². The zero-order chi connectivity index (χ0) is 15.1. The molecular weight excluding hydrogens is 326 g/mol. The molecule has 110 valence electrons. The lowest BCUT2D eigenvalue weighted by Gasteiger charge is -2.18. The van der Waals surface area contributed by atoms with Gasteiger partial charge < -0.3 is 15.2 Å². The van der Waals surface area contributed by atoms with Gasteiger partial charge in [-0.3, -0.25) is 4.79 Å². The van der Waals surface area contributed by atoms with Gasteiger partial charge in [0.2, 0.25) is 0 Å². The van der Waals surface area contributed by atoms with Gasteiger partial charge in [0.15, 0.2) is 6.10 Å². The Morgan fingerprint density at radius 1 is 1.35 bits per heavy atom. The maximum Gasteiger partial charge on any atom is 0.326 e. The fraction of sp³-hybridized carbons (Fsp3) is 0.429. The third-order valence-electron chi connectivity index (χ3n) is 2.69. The van der Waals surface area contributed by atoms with Gasteiger partial charge in [0, 0.05) is 4.47 Å². The number of amides is 1. The summed E-state index contributed by atoms with van der Waals surface area (Å²) < 4.78 is 6.38. The van der Waals surface area contributed by atoms with E-state index in [2.05, 4.69) is 21.2 Å². The largest absolute Gasteiger partial charge is 0.481 e. The Bertz CT molecular complexity index is 461. The first-order valence-electron chi connectivity index (χ1n) is 6.39. The molecule has 0 aliphatic rings. The van der Waals surface area contributed by atoms with Crippen molar-refractivity contribution in [2.75, 3.05) is 0 Å². The molecule has 0 radical (unpaired) electrons. The maximum atomic E-state index is 11.9. The molecule has 5 nitrogen and oxygen atoms in total. The molecule has 2 atom stereocenters. The number of carbonyl (C=O) groups is 2. The van der Waals surface area contributed by atoms with Crippen molar-refractivity contribution in [3.63, 3.8) is 0 Å². The minimum absolute atomic E-state index is 0.395. The molecule has 0 bridgehead atoms. The van der Waals surface area contributed by atoms with E-state index < -0.39 is 24.0 Å². The molecule has 1 rings (SSSR count). The number of benzene rings is 1. The van der Waals surface area contributed by atoms with Crippen LogP contribution < -0.4 is 10.1 Å². The number of ether oxygens (including phenoxy) is 1. The molecule has 0 spiro atoms. The maximum absolute atomic E-state index is 11.9. The highest BCUT2D eigenvalue weighted by atomic mass is 79.9. The molecule has 0 fully saturated rings. The van der Waals surface area contributed by atoms with Crippen LogP contribution in [0.25, 0.3) is 0 Å². The molecule has 0 aliphatic heterocycles. The van der Waals surface area contributed by atoms with E-state index in [1.165, 1.54) is 0 Å². The lowest BCUT2D eigenvalue weighted by molar-refractivity contribution is -0.143. The van der Waals surface area contributed by atoms with Crippen LogP contribution in [-0.2, 0) is 9.59 Å². The summed E-state index contributed by atoms with van der Waals surface area (Å²) in [6, 6.07) is 6.20. The Hall–Kier alpha value is -1.56. The standard InChI is InChI=1S/C14H18BrNO4/c1-3-4-12(14(18)19)16-13(17)9(2)20-11-7-5-10(15)6-8-11/h5-9,12H,3-4H2,1-2H3,(H,16,17)(H,18,19)/t9?,12-/m1/s1. The second-order valence-electron chi connectivity index (χ2n) is 4.40. The first-order valence-corrected chi connectivity index (χ1v) is 7.18. The van der Waals surface area contributed by atoms with E-state index in [-0.39, 0.29) is 0 Å². The molecular formula is C14H18BrNO4. The van der Waals surface area contributed by atoms with Crippen LogP contribution >= 0.6 is 15.9 Å². The van der Waals surface area contributed by atoms with Crippen LogP contribution in [0.3, 0.4) is 0 Å². The van der Waals surface area contributed by atoms with Crippen molar-refractivity contribution in [2.24, 2.45) is 0 Å². The Kier molecular flexibility index (Phi) is 6.51. The van der Waals surface area contributed by atoms with Gasteiger partial charge >= 0.3 is 5.97 Å². The number of aliphatic carboxylic acids is 1. The SMILES string of the molecule is CCC[C@@H](NC(=O)C(C)Oc1ccc(Br)cc1)C(=O)O. The van der Waals surface area contributed by atoms with Crippen molar-refractivity contribution in [1.29, 1.82) is 0 Å². The van der Waals surface area contributed by atoms with Gasteiger partial charge in [0.1, 0.15) is 11.8 Å². The van der Waals surface area contributed by atoms with Crippen LogP contribution in [-0.4, -0.2) is 29.1 Å². The number of carboxylic acid groups (broad SMARTS) is 1. The van der Waals surface area contributed by atoms with Crippen LogP contribution in [0.4, 0.5) is 0 Å². The molecule has 1 amide bonds. The molecule has 0 aliphatic carbocycles. The van der Waals surface area contributed by atoms with Crippen LogP contribution in [0, 0.1) is 0 Å². The molecule has 1 unspecified atom stereocenters. The highest BCUT2D eigenvalue weighted by molar-refractivity contribution is 9.10. The fourth-order valence-electron chi connectivity index (χ4n) is 1.61. The molecule has 1 aromatic carbocycles. The predicted molar refractivity (Wildman–Crippen MR) is 78.7 cm³/mol. The normalized spacial score (nSPS) is 13.3. The number of carbonyl (C=O) groups excluding carboxylic acids is 1. The van der Waals surface area contributed by atoms with Crippen molar-refractivity contribution in [3.8, 4) is 5.75 Å². The summed E-state index contributed by atoms with van der Waals surface area (Å²) in [5, 5.41) is 11.5. The monoisotopic (exact) mass is 343 g/mol. The van der Waals surface area contributed by atoms with Gasteiger partial charge in [-0.25, -0.2) is 4.79 Å². The Morgan fingerprint density at radius 2 is 1.95 bits per heavy atom. The predicted octanol–water partition coefficient (Wildman–Crippen LogP) is 2.59. The average molecular weight is 344 g/mol. The lowest BCUT2D eigenvalue weighted by atomic mass is 10.1. The van der Waals surface area contributed by atoms with Crippen LogP contribution in [0.15, 0.2) is 28.7 Å². The number of halogens is 1. The first-order chi connectivity index (χ1) is 9.43. The average Bonchev–Trinajstić information content (AvgIpc) is 2.40. The number of hydrogen-bond donors (Lipinski definition) is 2. The topological polar surface area (TPSA) is 75.6 Å². The fourth-order valence-corrected chi connectivity index (χ4v) is 1.87. The molecule has 0 saturated heterocycles. The molecule has 2 N–H and O–H groups in total. The van der Waals surface area contributed by atoms with Gasteiger partial charge in [-0.15, -0.1) is 0 Å². The summed E-state index contributed by atoms with van der Waals surface area (Å²) in [4.78, 5) is 22.9. The summed E-state index contributed by atoms with van der Waals surface area (Å²) in [7, 11) is 0. The summed E-state index contributed by atoms with van der Waals surface area (Å²) in [6.07, 6.45) is 0.320. The zero-order valence-electron chi connectivity index (χ0n) is 11.4. The quantitative estimate of drug-likeness (QED) is 0.797. The minimum Gasteiger partial charge on any atom is -0.481 e. The Morgan fingerprint density at radius 3 is 2.45 bits per heavy atom. The molecule has 1 aromatic rings. The van der Waals surface area contributed by atoms with Crippen LogP contribution in [0.2, 0.25) is 0 Å². The summed E-state index contributed by atoms with van der Waals surface area (Å²) >= 11 is 3.31. The van der Waals surface area contributed by atoms with Crippen molar-refractivity contribution < 1.29 is 19.4 Å². The Labute approximate surface area is 126 Å². The number of nitrogens with one attached hydrogen (secondary N) is 1. The van der Waals surface area contributed by atoms with E-state index in [0.717, 1.165) is 4.47 Å².